The molecule has 0 radical (unpaired) electrons. The minimum absolute atomic E-state index is 0.117. The molecule has 128 valence electrons. The van der Waals surface area contributed by atoms with Crippen LogP contribution in [0.2, 0.25) is 0 Å². The van der Waals surface area contributed by atoms with Gasteiger partial charge in [-0.25, -0.2) is 13.1 Å². The second-order valence-electron chi connectivity index (χ2n) is 6.41. The molecule has 0 saturated carbocycles. The maximum absolute atomic E-state index is 12.4. The van der Waals surface area contributed by atoms with Crippen molar-refractivity contribution in [3.63, 3.8) is 0 Å². The Kier molecular flexibility index (Phi) is 5.81. The summed E-state index contributed by atoms with van der Waals surface area (Å²) in [6.07, 6.45) is 1.37. The summed E-state index contributed by atoms with van der Waals surface area (Å²) in [5, 5.41) is 0. The topological polar surface area (TPSA) is 66.5 Å². The number of benzene rings is 1. The second kappa shape index (κ2) is 7.45. The quantitative estimate of drug-likeness (QED) is 0.893. The minimum Gasteiger partial charge on any atom is -0.342 e. The number of hydrogen-bond acceptors (Lipinski definition) is 3. The van der Waals surface area contributed by atoms with Crippen LogP contribution in [0.5, 0.6) is 0 Å². The van der Waals surface area contributed by atoms with Gasteiger partial charge < -0.3 is 4.90 Å². The molecule has 0 spiro atoms. The van der Waals surface area contributed by atoms with E-state index in [-0.39, 0.29) is 10.8 Å². The Hall–Kier alpha value is -1.40. The van der Waals surface area contributed by atoms with E-state index in [0.29, 0.717) is 24.8 Å². The molecular formula is C17H26N2O3S. The van der Waals surface area contributed by atoms with Gasteiger partial charge in [-0.05, 0) is 36.0 Å². The summed E-state index contributed by atoms with van der Waals surface area (Å²) in [4.78, 5) is 14.6. The Morgan fingerprint density at radius 3 is 2.43 bits per heavy atom. The molecule has 23 heavy (non-hydrogen) atoms. The fourth-order valence-corrected chi connectivity index (χ4v) is 3.88. The van der Waals surface area contributed by atoms with Crippen LogP contribution in [0.15, 0.2) is 29.2 Å². The van der Waals surface area contributed by atoms with Crippen molar-refractivity contribution in [1.82, 2.24) is 9.62 Å². The fourth-order valence-electron chi connectivity index (χ4n) is 2.84. The number of likely N-dealkylation sites (tertiary alicyclic amines) is 1. The monoisotopic (exact) mass is 338 g/mol. The average molecular weight is 338 g/mol. The molecule has 1 aromatic carbocycles. The molecule has 1 aromatic rings. The maximum atomic E-state index is 12.4. The van der Waals surface area contributed by atoms with Gasteiger partial charge >= 0.3 is 0 Å². The van der Waals surface area contributed by atoms with Gasteiger partial charge in [0.05, 0.1) is 11.3 Å². The number of carbonyl (C=O) groups excluding carboxylic acids is 1. The number of rotatable bonds is 5. The highest BCUT2D eigenvalue weighted by atomic mass is 32.2. The Morgan fingerprint density at radius 2 is 1.87 bits per heavy atom. The summed E-state index contributed by atoms with van der Waals surface area (Å²) in [6, 6.07) is 6.55. The third-order valence-electron chi connectivity index (χ3n) is 4.61. The van der Waals surface area contributed by atoms with E-state index in [0.717, 1.165) is 25.1 Å². The van der Waals surface area contributed by atoms with Gasteiger partial charge in [0.1, 0.15) is 0 Å². The largest absolute Gasteiger partial charge is 0.342 e. The van der Waals surface area contributed by atoms with Crippen molar-refractivity contribution in [2.75, 3.05) is 19.6 Å². The Bertz CT molecular complexity index is 640. The van der Waals surface area contributed by atoms with Crippen molar-refractivity contribution in [2.24, 2.45) is 11.8 Å². The molecule has 1 fully saturated rings. The molecular weight excluding hydrogens is 312 g/mol. The molecule has 0 aliphatic carbocycles. The lowest BCUT2D eigenvalue weighted by Gasteiger charge is -2.35. The lowest BCUT2D eigenvalue weighted by molar-refractivity contribution is -0.132. The van der Waals surface area contributed by atoms with Crippen LogP contribution < -0.4 is 4.72 Å². The van der Waals surface area contributed by atoms with Crippen LogP contribution in [-0.2, 0) is 21.2 Å². The zero-order valence-electron chi connectivity index (χ0n) is 14.1. The highest BCUT2D eigenvalue weighted by molar-refractivity contribution is 7.89. The van der Waals surface area contributed by atoms with Crippen LogP contribution in [0.25, 0.3) is 0 Å². The Balaban J connectivity index is 2.00. The van der Waals surface area contributed by atoms with E-state index >= 15 is 0 Å². The van der Waals surface area contributed by atoms with Crippen molar-refractivity contribution >= 4 is 15.9 Å². The molecule has 5 nitrogen and oxygen atoms in total. The molecule has 2 atom stereocenters. The number of piperidine rings is 1. The lowest BCUT2D eigenvalue weighted by Crippen LogP contribution is -2.42. The van der Waals surface area contributed by atoms with Gasteiger partial charge in [-0.1, -0.05) is 32.9 Å². The molecule has 2 rings (SSSR count). The van der Waals surface area contributed by atoms with Crippen LogP contribution in [0.4, 0.5) is 0 Å². The van der Waals surface area contributed by atoms with Crippen LogP contribution in [0.1, 0.15) is 32.8 Å². The van der Waals surface area contributed by atoms with Crippen molar-refractivity contribution in [2.45, 2.75) is 38.5 Å². The number of carbonyl (C=O) groups is 1. The summed E-state index contributed by atoms with van der Waals surface area (Å²) in [7, 11) is -3.43. The summed E-state index contributed by atoms with van der Waals surface area (Å²) >= 11 is 0. The summed E-state index contributed by atoms with van der Waals surface area (Å²) < 4.78 is 26.2. The number of amides is 1. The van der Waals surface area contributed by atoms with Gasteiger partial charge in [0, 0.05) is 19.6 Å². The highest BCUT2D eigenvalue weighted by Crippen LogP contribution is 2.23. The normalized spacial score (nSPS) is 22.1. The second-order valence-corrected chi connectivity index (χ2v) is 8.17. The first-order valence-electron chi connectivity index (χ1n) is 8.20. The number of nitrogens with one attached hydrogen (secondary N) is 1. The van der Waals surface area contributed by atoms with Crippen LogP contribution in [-0.4, -0.2) is 38.9 Å². The number of sulfonamides is 1. The van der Waals surface area contributed by atoms with E-state index in [2.05, 4.69) is 18.6 Å². The molecule has 0 aromatic heterocycles. The van der Waals surface area contributed by atoms with E-state index in [1.54, 1.807) is 31.2 Å². The molecule has 0 unspecified atom stereocenters. The first-order chi connectivity index (χ1) is 10.8. The van der Waals surface area contributed by atoms with Crippen LogP contribution >= 0.6 is 0 Å². The van der Waals surface area contributed by atoms with E-state index in [1.807, 2.05) is 4.90 Å². The first-order valence-corrected chi connectivity index (χ1v) is 9.68. The molecule has 1 amide bonds. The maximum Gasteiger partial charge on any atom is 0.240 e. The molecule has 1 saturated heterocycles. The molecule has 1 heterocycles. The number of nitrogens with zero attached hydrogens (tertiary/aromatic N) is 1. The van der Waals surface area contributed by atoms with Crippen molar-refractivity contribution in [1.29, 1.82) is 0 Å². The van der Waals surface area contributed by atoms with Gasteiger partial charge in [-0.2, -0.15) is 0 Å². The SMILES string of the molecule is CCNS(=O)(=O)c1ccc(CC(=O)N2CC[C@H](C)[C@H](C)C2)cc1. The van der Waals surface area contributed by atoms with Gasteiger partial charge in [-0.3, -0.25) is 4.79 Å². The third-order valence-corrected chi connectivity index (χ3v) is 6.17. The van der Waals surface area contributed by atoms with Crippen LogP contribution in [0.3, 0.4) is 0 Å². The van der Waals surface area contributed by atoms with Crippen molar-refractivity contribution in [3.05, 3.63) is 29.8 Å². The van der Waals surface area contributed by atoms with Gasteiger partial charge in [0.2, 0.25) is 15.9 Å². The standard InChI is InChI=1S/C17H26N2O3S/c1-4-18-23(21,22)16-7-5-15(6-8-16)11-17(20)19-10-9-13(2)14(3)12-19/h5-8,13-14,18H,4,9-12H2,1-3H3/t13-,14+/m0/s1. The Labute approximate surface area is 139 Å². The highest BCUT2D eigenvalue weighted by Gasteiger charge is 2.25. The fraction of sp³-hybridized carbons (Fsp3) is 0.588. The molecule has 1 N–H and O–H groups in total. The molecule has 6 heteroatoms. The van der Waals surface area contributed by atoms with Crippen molar-refractivity contribution < 1.29 is 13.2 Å². The zero-order chi connectivity index (χ0) is 17.0. The summed E-state index contributed by atoms with van der Waals surface area (Å²) in [5.41, 5.74) is 0.844. The van der Waals surface area contributed by atoms with E-state index in [4.69, 9.17) is 0 Å². The van der Waals surface area contributed by atoms with Crippen LogP contribution in [0, 0.1) is 11.8 Å². The Morgan fingerprint density at radius 1 is 1.22 bits per heavy atom. The first kappa shape index (κ1) is 17.9. The summed E-state index contributed by atoms with van der Waals surface area (Å²) in [5.74, 6) is 1.31. The molecule has 1 aliphatic heterocycles. The molecule has 1 aliphatic rings. The van der Waals surface area contributed by atoms with Gasteiger partial charge in [0.25, 0.3) is 0 Å². The zero-order valence-corrected chi connectivity index (χ0v) is 14.9. The molecule has 0 bridgehead atoms. The van der Waals surface area contributed by atoms with E-state index in [1.165, 1.54) is 0 Å². The van der Waals surface area contributed by atoms with Gasteiger partial charge in [0.15, 0.2) is 0 Å². The number of hydrogen-bond donors (Lipinski definition) is 1. The minimum atomic E-state index is -3.43. The average Bonchev–Trinajstić information content (AvgIpc) is 2.50. The summed E-state index contributed by atoms with van der Waals surface area (Å²) in [6.45, 7) is 8.14. The van der Waals surface area contributed by atoms with E-state index in [9.17, 15) is 13.2 Å². The van der Waals surface area contributed by atoms with Gasteiger partial charge in [-0.15, -0.1) is 0 Å². The van der Waals surface area contributed by atoms with Crippen molar-refractivity contribution in [3.8, 4) is 0 Å². The third kappa shape index (κ3) is 4.54. The smallest absolute Gasteiger partial charge is 0.240 e. The predicted molar refractivity (Wildman–Crippen MR) is 90.5 cm³/mol. The lowest BCUT2D eigenvalue weighted by atomic mass is 9.88. The van der Waals surface area contributed by atoms with E-state index < -0.39 is 10.0 Å². The predicted octanol–water partition coefficient (Wildman–Crippen LogP) is 2.03.